The highest BCUT2D eigenvalue weighted by Crippen LogP contribution is 2.39. The van der Waals surface area contributed by atoms with E-state index in [1.165, 1.54) is 0 Å². The molecule has 1 aliphatic rings. The van der Waals surface area contributed by atoms with Gasteiger partial charge in [0.1, 0.15) is 5.82 Å². The van der Waals surface area contributed by atoms with Gasteiger partial charge < -0.3 is 14.2 Å². The van der Waals surface area contributed by atoms with Gasteiger partial charge in [-0.1, -0.05) is 12.1 Å². The van der Waals surface area contributed by atoms with E-state index in [9.17, 15) is 4.79 Å². The smallest absolute Gasteiger partial charge is 0.261 e. The van der Waals surface area contributed by atoms with Gasteiger partial charge in [0.05, 0.1) is 32.2 Å². The molecule has 138 valence electrons. The largest absolute Gasteiger partial charge is 0.493 e. The van der Waals surface area contributed by atoms with E-state index < -0.39 is 0 Å². The van der Waals surface area contributed by atoms with E-state index >= 15 is 0 Å². The minimum absolute atomic E-state index is 0.00360. The summed E-state index contributed by atoms with van der Waals surface area (Å²) >= 11 is 0. The minimum atomic E-state index is 0.00360. The van der Waals surface area contributed by atoms with Crippen LogP contribution in [0.3, 0.4) is 0 Å². The molecule has 4 rings (SSSR count). The molecule has 1 aromatic heterocycles. The van der Waals surface area contributed by atoms with E-state index in [0.29, 0.717) is 40.5 Å². The molecule has 0 atom stereocenters. The molecule has 6 heteroatoms. The molecule has 1 aliphatic heterocycles. The zero-order chi connectivity index (χ0) is 19.0. The Bertz CT molecular complexity index is 1090. The van der Waals surface area contributed by atoms with Gasteiger partial charge >= 0.3 is 0 Å². The first-order valence-corrected chi connectivity index (χ1v) is 8.66. The van der Waals surface area contributed by atoms with E-state index in [0.717, 1.165) is 17.6 Å². The Hall–Kier alpha value is -3.28. The van der Waals surface area contributed by atoms with Gasteiger partial charge in [-0.05, 0) is 47.9 Å². The van der Waals surface area contributed by atoms with Crippen LogP contribution in [0, 0.1) is 0 Å². The van der Waals surface area contributed by atoms with Crippen LogP contribution in [0.25, 0.3) is 22.6 Å². The van der Waals surface area contributed by atoms with E-state index in [4.69, 9.17) is 19.2 Å². The van der Waals surface area contributed by atoms with Gasteiger partial charge in [-0.25, -0.2) is 4.98 Å². The number of nitrogens with zero attached hydrogens (tertiary/aromatic N) is 2. The first kappa shape index (κ1) is 17.1. The Morgan fingerprint density at radius 1 is 1.04 bits per heavy atom. The van der Waals surface area contributed by atoms with E-state index in [-0.39, 0.29) is 5.56 Å². The topological polar surface area (TPSA) is 62.6 Å². The van der Waals surface area contributed by atoms with E-state index in [1.807, 2.05) is 42.5 Å². The number of aromatic nitrogens is 2. The second kappa shape index (κ2) is 6.79. The molecule has 0 bridgehead atoms. The van der Waals surface area contributed by atoms with Gasteiger partial charge in [0.25, 0.3) is 5.56 Å². The maximum absolute atomic E-state index is 12.7. The van der Waals surface area contributed by atoms with Crippen molar-refractivity contribution in [1.29, 1.82) is 0 Å². The molecule has 0 spiro atoms. The van der Waals surface area contributed by atoms with Gasteiger partial charge in [0, 0.05) is 6.54 Å². The third-order valence-electron chi connectivity index (χ3n) is 4.78. The van der Waals surface area contributed by atoms with Crippen molar-refractivity contribution in [3.63, 3.8) is 0 Å². The summed E-state index contributed by atoms with van der Waals surface area (Å²) in [6.07, 6.45) is 2.76. The Labute approximate surface area is 156 Å². The van der Waals surface area contributed by atoms with Crippen LogP contribution < -0.4 is 19.8 Å². The maximum atomic E-state index is 12.7. The van der Waals surface area contributed by atoms with Crippen molar-refractivity contribution in [2.45, 2.75) is 13.0 Å². The molecule has 2 aromatic carbocycles. The Kier molecular flexibility index (Phi) is 4.32. The molecule has 0 saturated heterocycles. The summed E-state index contributed by atoms with van der Waals surface area (Å²) in [7, 11) is 4.76. The molecule has 0 fully saturated rings. The van der Waals surface area contributed by atoms with Crippen LogP contribution in [0.2, 0.25) is 0 Å². The molecule has 0 aliphatic carbocycles. The van der Waals surface area contributed by atoms with Crippen molar-refractivity contribution in [2.75, 3.05) is 21.3 Å². The summed E-state index contributed by atoms with van der Waals surface area (Å²) in [5.74, 6) is 2.44. The lowest BCUT2D eigenvalue weighted by molar-refractivity contribution is 0.324. The van der Waals surface area contributed by atoms with Crippen LogP contribution in [-0.2, 0) is 6.54 Å². The number of ether oxygens (including phenoxy) is 3. The predicted octanol–water partition coefficient (Wildman–Crippen LogP) is 3.37. The molecule has 3 aromatic rings. The van der Waals surface area contributed by atoms with Gasteiger partial charge in [-0.3, -0.25) is 9.36 Å². The average Bonchev–Trinajstić information content (AvgIpc) is 3.10. The number of allylic oxidation sites excluding steroid dienone is 1. The highest BCUT2D eigenvalue weighted by Gasteiger charge is 2.21. The number of para-hydroxylation sites is 1. The Balaban J connectivity index is 1.86. The summed E-state index contributed by atoms with van der Waals surface area (Å²) in [6, 6.07) is 11.2. The SMILES string of the molecule is COc1cc(/C=C2/CCn3c2nc2ccccc2c3=O)cc(OC)c1OC. The zero-order valence-corrected chi connectivity index (χ0v) is 15.5. The third-order valence-corrected chi connectivity index (χ3v) is 4.78. The average molecular weight is 364 g/mol. The van der Waals surface area contributed by atoms with Crippen LogP contribution in [-0.4, -0.2) is 30.9 Å². The van der Waals surface area contributed by atoms with E-state index in [2.05, 4.69) is 0 Å². The highest BCUT2D eigenvalue weighted by molar-refractivity contribution is 5.85. The molecular formula is C21H20N2O4. The normalized spacial score (nSPS) is 14.4. The summed E-state index contributed by atoms with van der Waals surface area (Å²) in [6.45, 7) is 0.627. The molecule has 0 N–H and O–H groups in total. The lowest BCUT2D eigenvalue weighted by Gasteiger charge is -2.13. The maximum Gasteiger partial charge on any atom is 0.261 e. The zero-order valence-electron chi connectivity index (χ0n) is 15.5. The molecule has 0 radical (unpaired) electrons. The van der Waals surface area contributed by atoms with Gasteiger partial charge in [0.2, 0.25) is 5.75 Å². The Morgan fingerprint density at radius 2 is 1.74 bits per heavy atom. The number of rotatable bonds is 4. The number of hydrogen-bond acceptors (Lipinski definition) is 5. The lowest BCUT2D eigenvalue weighted by atomic mass is 10.1. The first-order chi connectivity index (χ1) is 13.2. The van der Waals surface area contributed by atoms with Crippen molar-refractivity contribution in [3.8, 4) is 17.2 Å². The second-order valence-corrected chi connectivity index (χ2v) is 6.29. The molecular weight excluding hydrogens is 344 g/mol. The summed E-state index contributed by atoms with van der Waals surface area (Å²) < 4.78 is 18.0. The highest BCUT2D eigenvalue weighted by atomic mass is 16.5. The van der Waals surface area contributed by atoms with Gasteiger partial charge in [0.15, 0.2) is 11.5 Å². The van der Waals surface area contributed by atoms with Gasteiger partial charge in [-0.2, -0.15) is 0 Å². The number of benzene rings is 2. The van der Waals surface area contributed by atoms with Crippen LogP contribution >= 0.6 is 0 Å². The lowest BCUT2D eigenvalue weighted by Crippen LogP contribution is -2.20. The van der Waals surface area contributed by atoms with Crippen LogP contribution in [0.5, 0.6) is 17.2 Å². The molecule has 6 nitrogen and oxygen atoms in total. The number of fused-ring (bicyclic) bond motifs is 2. The fraction of sp³-hybridized carbons (Fsp3) is 0.238. The van der Waals surface area contributed by atoms with E-state index in [1.54, 1.807) is 25.9 Å². The fourth-order valence-electron chi connectivity index (χ4n) is 3.49. The van der Waals surface area contributed by atoms with Crippen LogP contribution in [0.4, 0.5) is 0 Å². The van der Waals surface area contributed by atoms with Crippen molar-refractivity contribution in [2.24, 2.45) is 0 Å². The number of methoxy groups -OCH3 is 3. The minimum Gasteiger partial charge on any atom is -0.493 e. The molecule has 0 amide bonds. The standard InChI is InChI=1S/C21H20N2O4/c1-25-17-11-13(12-18(26-2)19(17)27-3)10-14-8-9-23-20(14)22-16-7-5-4-6-15(16)21(23)24/h4-7,10-12H,8-9H2,1-3H3/b14-10-. The third kappa shape index (κ3) is 2.83. The van der Waals surface area contributed by atoms with Gasteiger partial charge in [-0.15, -0.1) is 0 Å². The fourth-order valence-corrected chi connectivity index (χ4v) is 3.49. The molecule has 0 saturated carbocycles. The summed E-state index contributed by atoms with van der Waals surface area (Å²) in [5.41, 5.74) is 2.62. The van der Waals surface area contributed by atoms with Crippen molar-refractivity contribution >= 4 is 22.6 Å². The van der Waals surface area contributed by atoms with Crippen molar-refractivity contribution in [3.05, 3.63) is 58.1 Å². The summed E-state index contributed by atoms with van der Waals surface area (Å²) in [5, 5.41) is 0.648. The number of hydrogen-bond donors (Lipinski definition) is 0. The molecule has 2 heterocycles. The van der Waals surface area contributed by atoms with Crippen molar-refractivity contribution in [1.82, 2.24) is 9.55 Å². The first-order valence-electron chi connectivity index (χ1n) is 8.66. The quantitative estimate of drug-likeness (QED) is 0.710. The molecule has 0 unspecified atom stereocenters. The predicted molar refractivity (Wildman–Crippen MR) is 105 cm³/mol. The van der Waals surface area contributed by atoms with Crippen molar-refractivity contribution < 1.29 is 14.2 Å². The second-order valence-electron chi connectivity index (χ2n) is 6.29. The van der Waals surface area contributed by atoms with Crippen LogP contribution in [0.1, 0.15) is 17.8 Å². The Morgan fingerprint density at radius 3 is 2.41 bits per heavy atom. The summed E-state index contributed by atoms with van der Waals surface area (Å²) in [4.78, 5) is 17.5. The monoisotopic (exact) mass is 364 g/mol. The molecule has 27 heavy (non-hydrogen) atoms. The van der Waals surface area contributed by atoms with Crippen LogP contribution in [0.15, 0.2) is 41.2 Å².